The fourth-order valence-corrected chi connectivity index (χ4v) is 4.51. The Kier molecular flexibility index (Phi) is 6.22. The highest BCUT2D eigenvalue weighted by Gasteiger charge is 2.23. The summed E-state index contributed by atoms with van der Waals surface area (Å²) in [5, 5.41) is 0. The van der Waals surface area contributed by atoms with Gasteiger partial charge in [0.1, 0.15) is 0 Å². The molecule has 1 aliphatic heterocycles. The van der Waals surface area contributed by atoms with Crippen LogP contribution in [0.25, 0.3) is 0 Å². The van der Waals surface area contributed by atoms with Gasteiger partial charge in [0.2, 0.25) is 0 Å². The molecule has 0 spiro atoms. The van der Waals surface area contributed by atoms with Gasteiger partial charge in [0.05, 0.1) is 0 Å². The standard InChI is InChI=1S/C15H29IN2/c1-17(2)15-7-5-13(6-8-15)9-11-18-10-3-4-14(16)12-18/h13-15H,3-12H2,1-2H3. The Hall–Kier alpha value is 0.650. The predicted octanol–water partition coefficient (Wildman–Crippen LogP) is 3.40. The highest BCUT2D eigenvalue weighted by molar-refractivity contribution is 14.1. The van der Waals surface area contributed by atoms with Crippen molar-refractivity contribution in [2.45, 2.75) is 54.9 Å². The van der Waals surface area contributed by atoms with Crippen LogP contribution in [0.3, 0.4) is 0 Å². The Morgan fingerprint density at radius 3 is 2.44 bits per heavy atom. The monoisotopic (exact) mass is 364 g/mol. The molecule has 2 nitrogen and oxygen atoms in total. The summed E-state index contributed by atoms with van der Waals surface area (Å²) >= 11 is 2.63. The average Bonchev–Trinajstić information content (AvgIpc) is 2.37. The van der Waals surface area contributed by atoms with E-state index >= 15 is 0 Å². The molecule has 2 fully saturated rings. The summed E-state index contributed by atoms with van der Waals surface area (Å²) in [5.74, 6) is 1.01. The fourth-order valence-electron chi connectivity index (χ4n) is 3.52. The summed E-state index contributed by atoms with van der Waals surface area (Å²) < 4.78 is 0.904. The van der Waals surface area contributed by atoms with Crippen molar-refractivity contribution < 1.29 is 0 Å². The Bertz CT molecular complexity index is 237. The zero-order valence-electron chi connectivity index (χ0n) is 12.1. The molecule has 2 rings (SSSR count). The Morgan fingerprint density at radius 1 is 1.11 bits per heavy atom. The lowest BCUT2D eigenvalue weighted by molar-refractivity contribution is 0.167. The molecule has 1 unspecified atom stereocenters. The van der Waals surface area contributed by atoms with Gasteiger partial charge < -0.3 is 9.80 Å². The van der Waals surface area contributed by atoms with Crippen LogP contribution < -0.4 is 0 Å². The summed E-state index contributed by atoms with van der Waals surface area (Å²) in [4.78, 5) is 5.13. The van der Waals surface area contributed by atoms with Gasteiger partial charge in [0.25, 0.3) is 0 Å². The van der Waals surface area contributed by atoms with E-state index < -0.39 is 0 Å². The van der Waals surface area contributed by atoms with E-state index in [1.54, 1.807) is 0 Å². The predicted molar refractivity (Wildman–Crippen MR) is 87.5 cm³/mol. The number of halogens is 1. The molecule has 0 amide bonds. The van der Waals surface area contributed by atoms with Crippen molar-refractivity contribution in [3.05, 3.63) is 0 Å². The normalized spacial score (nSPS) is 35.0. The fraction of sp³-hybridized carbons (Fsp3) is 1.00. The second kappa shape index (κ2) is 7.44. The SMILES string of the molecule is CN(C)C1CCC(CCN2CCCC(I)C2)CC1. The van der Waals surface area contributed by atoms with Gasteiger partial charge in [-0.3, -0.25) is 0 Å². The van der Waals surface area contributed by atoms with E-state index in [0.29, 0.717) is 0 Å². The van der Waals surface area contributed by atoms with E-state index in [1.807, 2.05) is 0 Å². The molecular formula is C15H29IN2. The maximum Gasteiger partial charge on any atom is 0.0237 e. The molecule has 0 aromatic heterocycles. The largest absolute Gasteiger partial charge is 0.306 e. The lowest BCUT2D eigenvalue weighted by atomic mass is 9.83. The Morgan fingerprint density at radius 2 is 1.83 bits per heavy atom. The van der Waals surface area contributed by atoms with Crippen LogP contribution >= 0.6 is 22.6 Å². The average molecular weight is 364 g/mol. The van der Waals surface area contributed by atoms with Crippen molar-refractivity contribution >= 4 is 22.6 Å². The van der Waals surface area contributed by atoms with E-state index in [9.17, 15) is 0 Å². The molecule has 0 N–H and O–H groups in total. The molecule has 2 aliphatic rings. The molecule has 0 radical (unpaired) electrons. The molecule has 18 heavy (non-hydrogen) atoms. The first-order chi connectivity index (χ1) is 8.65. The Labute approximate surface area is 127 Å². The number of nitrogens with zero attached hydrogens (tertiary/aromatic N) is 2. The number of hydrogen-bond acceptors (Lipinski definition) is 2. The van der Waals surface area contributed by atoms with Gasteiger partial charge in [0, 0.05) is 16.5 Å². The molecular weight excluding hydrogens is 335 g/mol. The molecule has 1 saturated heterocycles. The number of rotatable bonds is 4. The van der Waals surface area contributed by atoms with Crippen molar-refractivity contribution in [1.29, 1.82) is 0 Å². The summed E-state index contributed by atoms with van der Waals surface area (Å²) in [5.41, 5.74) is 0. The third-order valence-electron chi connectivity index (χ3n) is 4.85. The van der Waals surface area contributed by atoms with Crippen LogP contribution in [0.4, 0.5) is 0 Å². The first-order valence-corrected chi connectivity index (χ1v) is 8.92. The zero-order valence-corrected chi connectivity index (χ0v) is 14.2. The van der Waals surface area contributed by atoms with Gasteiger partial charge in [-0.2, -0.15) is 0 Å². The van der Waals surface area contributed by atoms with Crippen LogP contribution in [-0.2, 0) is 0 Å². The van der Waals surface area contributed by atoms with Crippen molar-refractivity contribution in [2.75, 3.05) is 33.7 Å². The van der Waals surface area contributed by atoms with E-state index in [-0.39, 0.29) is 0 Å². The molecule has 1 aliphatic carbocycles. The second-order valence-electron chi connectivity index (χ2n) is 6.47. The number of piperidine rings is 1. The van der Waals surface area contributed by atoms with Crippen LogP contribution in [-0.4, -0.2) is 53.5 Å². The molecule has 0 aromatic rings. The van der Waals surface area contributed by atoms with Gasteiger partial charge in [0.15, 0.2) is 0 Å². The third kappa shape index (κ3) is 4.64. The van der Waals surface area contributed by atoms with Gasteiger partial charge in [-0.1, -0.05) is 22.6 Å². The van der Waals surface area contributed by atoms with E-state index in [0.717, 1.165) is 15.9 Å². The molecule has 0 bridgehead atoms. The third-order valence-corrected chi connectivity index (χ3v) is 5.86. The van der Waals surface area contributed by atoms with E-state index in [2.05, 4.69) is 46.5 Å². The number of alkyl halides is 1. The highest BCUT2D eigenvalue weighted by Crippen LogP contribution is 2.29. The maximum atomic E-state index is 2.71. The highest BCUT2D eigenvalue weighted by atomic mass is 127. The van der Waals surface area contributed by atoms with Crippen LogP contribution in [0, 0.1) is 5.92 Å². The summed E-state index contributed by atoms with van der Waals surface area (Å²) in [6.07, 6.45) is 10.1. The minimum absolute atomic E-state index is 0.856. The molecule has 106 valence electrons. The van der Waals surface area contributed by atoms with Gasteiger partial charge in [-0.05, 0) is 78.0 Å². The number of hydrogen-bond donors (Lipinski definition) is 0. The van der Waals surface area contributed by atoms with Crippen LogP contribution in [0.5, 0.6) is 0 Å². The summed E-state index contributed by atoms with van der Waals surface area (Å²) in [6.45, 7) is 4.05. The maximum absolute atomic E-state index is 2.71. The van der Waals surface area contributed by atoms with Gasteiger partial charge >= 0.3 is 0 Å². The Balaban J connectivity index is 1.63. The first-order valence-electron chi connectivity index (χ1n) is 7.68. The molecule has 1 heterocycles. The van der Waals surface area contributed by atoms with Crippen molar-refractivity contribution in [3.8, 4) is 0 Å². The molecule has 3 heteroatoms. The van der Waals surface area contributed by atoms with Crippen LogP contribution in [0.1, 0.15) is 44.9 Å². The summed E-state index contributed by atoms with van der Waals surface area (Å²) in [7, 11) is 4.47. The molecule has 1 saturated carbocycles. The van der Waals surface area contributed by atoms with E-state index in [4.69, 9.17) is 0 Å². The molecule has 0 aromatic carbocycles. The number of likely N-dealkylation sites (tertiary alicyclic amines) is 1. The smallest absolute Gasteiger partial charge is 0.0237 e. The molecule has 1 atom stereocenters. The minimum atomic E-state index is 0.856. The van der Waals surface area contributed by atoms with Crippen LogP contribution in [0.2, 0.25) is 0 Å². The van der Waals surface area contributed by atoms with Crippen molar-refractivity contribution in [2.24, 2.45) is 5.92 Å². The quantitative estimate of drug-likeness (QED) is 0.557. The van der Waals surface area contributed by atoms with Crippen molar-refractivity contribution in [1.82, 2.24) is 9.80 Å². The lowest BCUT2D eigenvalue weighted by Crippen LogP contribution is -2.38. The van der Waals surface area contributed by atoms with E-state index in [1.165, 1.54) is 64.6 Å². The van der Waals surface area contributed by atoms with Gasteiger partial charge in [-0.15, -0.1) is 0 Å². The second-order valence-corrected chi connectivity index (χ2v) is 8.23. The van der Waals surface area contributed by atoms with Crippen LogP contribution in [0.15, 0.2) is 0 Å². The zero-order chi connectivity index (χ0) is 13.0. The lowest BCUT2D eigenvalue weighted by Gasteiger charge is -2.35. The van der Waals surface area contributed by atoms with Gasteiger partial charge in [-0.25, -0.2) is 0 Å². The first kappa shape index (κ1) is 15.0. The van der Waals surface area contributed by atoms with Crippen molar-refractivity contribution in [3.63, 3.8) is 0 Å². The summed E-state index contributed by atoms with van der Waals surface area (Å²) in [6, 6.07) is 0.856. The minimum Gasteiger partial charge on any atom is -0.306 e. The topological polar surface area (TPSA) is 6.48 Å².